The summed E-state index contributed by atoms with van der Waals surface area (Å²) in [5.41, 5.74) is 2.54. The van der Waals surface area contributed by atoms with Gasteiger partial charge in [-0.3, -0.25) is 4.79 Å². The molecule has 0 fully saturated rings. The number of methoxy groups -OCH3 is 1. The zero-order chi connectivity index (χ0) is 15.7. The number of hydrogen-bond donors (Lipinski definition) is 1. The summed E-state index contributed by atoms with van der Waals surface area (Å²) in [5.74, 6) is 1.19. The number of carbonyl (C=O) groups excluding carboxylic acids is 1. The van der Waals surface area contributed by atoms with Crippen LogP contribution in [0.5, 0.6) is 5.75 Å². The van der Waals surface area contributed by atoms with Crippen molar-refractivity contribution in [2.45, 2.75) is 13.5 Å². The van der Waals surface area contributed by atoms with E-state index in [4.69, 9.17) is 9.26 Å². The minimum atomic E-state index is -0.146. The molecule has 1 amide bonds. The van der Waals surface area contributed by atoms with Crippen LogP contribution in [0.3, 0.4) is 0 Å². The molecule has 0 radical (unpaired) electrons. The van der Waals surface area contributed by atoms with Gasteiger partial charge >= 0.3 is 0 Å². The van der Waals surface area contributed by atoms with E-state index in [-0.39, 0.29) is 5.91 Å². The monoisotopic (exact) mass is 299 g/mol. The summed E-state index contributed by atoms with van der Waals surface area (Å²) < 4.78 is 12.2. The van der Waals surface area contributed by atoms with E-state index in [1.165, 1.54) is 0 Å². The van der Waals surface area contributed by atoms with Gasteiger partial charge in [0.05, 0.1) is 25.4 Å². The molecule has 1 N–H and O–H groups in total. The number of rotatable bonds is 4. The number of hydrogen-bond acceptors (Lipinski definition) is 4. The van der Waals surface area contributed by atoms with Crippen molar-refractivity contribution in [3.8, 4) is 5.75 Å². The number of amides is 1. The molecule has 2 heterocycles. The van der Waals surface area contributed by atoms with Crippen LogP contribution in [-0.4, -0.2) is 22.7 Å². The Balaban J connectivity index is 1.97. The fraction of sp³-hybridized carbons (Fsp3) is 0.250. The first-order valence-electron chi connectivity index (χ1n) is 6.92. The fourth-order valence-electron chi connectivity index (χ4n) is 2.55. The maximum Gasteiger partial charge on any atom is 0.254 e. The van der Waals surface area contributed by atoms with Crippen LogP contribution in [0.25, 0.3) is 10.9 Å². The van der Waals surface area contributed by atoms with Crippen molar-refractivity contribution in [3.63, 3.8) is 0 Å². The number of ether oxygens (including phenoxy) is 1. The van der Waals surface area contributed by atoms with E-state index in [9.17, 15) is 4.79 Å². The molecule has 114 valence electrons. The molecule has 1 aromatic carbocycles. The molecular weight excluding hydrogens is 282 g/mol. The van der Waals surface area contributed by atoms with Crippen molar-refractivity contribution in [1.29, 1.82) is 0 Å². The molecule has 0 aliphatic rings. The van der Waals surface area contributed by atoms with Crippen molar-refractivity contribution in [2.24, 2.45) is 7.05 Å². The van der Waals surface area contributed by atoms with Crippen LogP contribution in [0.4, 0.5) is 0 Å². The zero-order valence-corrected chi connectivity index (χ0v) is 12.7. The molecule has 0 aliphatic heterocycles. The van der Waals surface area contributed by atoms with Crippen LogP contribution in [0.1, 0.15) is 21.8 Å². The van der Waals surface area contributed by atoms with Crippen LogP contribution < -0.4 is 10.1 Å². The van der Waals surface area contributed by atoms with E-state index in [0.29, 0.717) is 17.9 Å². The number of nitrogens with one attached hydrogen (secondary N) is 1. The van der Waals surface area contributed by atoms with Gasteiger partial charge in [0, 0.05) is 29.7 Å². The molecule has 0 spiro atoms. The van der Waals surface area contributed by atoms with Gasteiger partial charge in [0.25, 0.3) is 5.91 Å². The summed E-state index contributed by atoms with van der Waals surface area (Å²) in [7, 11) is 3.55. The molecule has 3 aromatic rings. The molecule has 3 rings (SSSR count). The molecule has 0 aliphatic carbocycles. The highest BCUT2D eigenvalue weighted by molar-refractivity contribution is 6.08. The standard InChI is InChI=1S/C16H17N3O3/c1-10-15(16(20)17-9-12-6-7-18-22-12)13-8-11(21-3)4-5-14(13)19(10)2/h4-8H,9H2,1-3H3,(H,17,20). The van der Waals surface area contributed by atoms with Crippen molar-refractivity contribution >= 4 is 16.8 Å². The predicted octanol–water partition coefficient (Wildman–Crippen LogP) is 2.41. The lowest BCUT2D eigenvalue weighted by atomic mass is 10.1. The van der Waals surface area contributed by atoms with Crippen molar-refractivity contribution in [1.82, 2.24) is 15.0 Å². The number of aryl methyl sites for hydroxylation is 1. The van der Waals surface area contributed by atoms with Gasteiger partial charge in [-0.1, -0.05) is 5.16 Å². The first kappa shape index (κ1) is 14.2. The third-order valence-corrected chi connectivity index (χ3v) is 3.84. The highest BCUT2D eigenvalue weighted by Crippen LogP contribution is 2.28. The normalized spacial score (nSPS) is 10.9. The van der Waals surface area contributed by atoms with E-state index in [0.717, 1.165) is 22.3 Å². The lowest BCUT2D eigenvalue weighted by Crippen LogP contribution is -2.23. The Morgan fingerprint density at radius 2 is 2.23 bits per heavy atom. The van der Waals surface area contributed by atoms with E-state index in [1.807, 2.05) is 36.7 Å². The van der Waals surface area contributed by atoms with E-state index in [2.05, 4.69) is 10.5 Å². The van der Waals surface area contributed by atoms with Crippen LogP contribution in [0.15, 0.2) is 35.0 Å². The second-order valence-corrected chi connectivity index (χ2v) is 5.06. The molecule has 0 saturated carbocycles. The Hall–Kier alpha value is -2.76. The van der Waals surface area contributed by atoms with Crippen molar-refractivity contribution in [2.75, 3.05) is 7.11 Å². The molecule has 2 aromatic heterocycles. The summed E-state index contributed by atoms with van der Waals surface area (Å²) in [6.07, 6.45) is 1.55. The molecule has 0 bridgehead atoms. The third kappa shape index (κ3) is 2.32. The van der Waals surface area contributed by atoms with Crippen LogP contribution in [-0.2, 0) is 13.6 Å². The number of nitrogens with zero attached hydrogens (tertiary/aromatic N) is 2. The van der Waals surface area contributed by atoms with Crippen molar-refractivity contribution in [3.05, 3.63) is 47.5 Å². The summed E-state index contributed by atoms with van der Waals surface area (Å²) >= 11 is 0. The second-order valence-electron chi connectivity index (χ2n) is 5.06. The molecule has 22 heavy (non-hydrogen) atoms. The third-order valence-electron chi connectivity index (χ3n) is 3.84. The van der Waals surface area contributed by atoms with E-state index < -0.39 is 0 Å². The maximum absolute atomic E-state index is 12.6. The van der Waals surface area contributed by atoms with Gasteiger partial charge < -0.3 is 19.1 Å². The lowest BCUT2D eigenvalue weighted by molar-refractivity contribution is 0.0948. The highest BCUT2D eigenvalue weighted by Gasteiger charge is 2.19. The SMILES string of the molecule is COc1ccc2c(c1)c(C(=O)NCc1ccno1)c(C)n2C. The van der Waals surface area contributed by atoms with Crippen LogP contribution >= 0.6 is 0 Å². The lowest BCUT2D eigenvalue weighted by Gasteiger charge is -2.04. The van der Waals surface area contributed by atoms with Gasteiger partial charge in [0.15, 0.2) is 5.76 Å². The highest BCUT2D eigenvalue weighted by atomic mass is 16.5. The van der Waals surface area contributed by atoms with Gasteiger partial charge in [0.2, 0.25) is 0 Å². The second kappa shape index (κ2) is 5.55. The molecule has 0 unspecified atom stereocenters. The number of benzene rings is 1. The van der Waals surface area contributed by atoms with Gasteiger partial charge in [0.1, 0.15) is 5.75 Å². The number of fused-ring (bicyclic) bond motifs is 1. The Morgan fingerprint density at radius 1 is 1.41 bits per heavy atom. The van der Waals surface area contributed by atoms with Crippen LogP contribution in [0.2, 0.25) is 0 Å². The van der Waals surface area contributed by atoms with Gasteiger partial charge in [-0.05, 0) is 25.1 Å². The predicted molar refractivity (Wildman–Crippen MR) is 81.9 cm³/mol. The molecule has 0 saturated heterocycles. The maximum atomic E-state index is 12.6. The summed E-state index contributed by atoms with van der Waals surface area (Å²) in [6, 6.07) is 7.44. The largest absolute Gasteiger partial charge is 0.497 e. The first-order chi connectivity index (χ1) is 10.6. The van der Waals surface area contributed by atoms with Gasteiger partial charge in [-0.2, -0.15) is 0 Å². The van der Waals surface area contributed by atoms with Gasteiger partial charge in [-0.25, -0.2) is 0 Å². The quantitative estimate of drug-likeness (QED) is 0.803. The Kier molecular flexibility index (Phi) is 3.58. The summed E-state index contributed by atoms with van der Waals surface area (Å²) in [4.78, 5) is 12.6. The summed E-state index contributed by atoms with van der Waals surface area (Å²) in [5, 5.41) is 7.35. The fourth-order valence-corrected chi connectivity index (χ4v) is 2.55. The van der Waals surface area contributed by atoms with Crippen molar-refractivity contribution < 1.29 is 14.1 Å². The molecule has 6 nitrogen and oxygen atoms in total. The number of carbonyl (C=O) groups is 1. The van der Waals surface area contributed by atoms with E-state index >= 15 is 0 Å². The Labute approximate surface area is 127 Å². The molecular formula is C16H17N3O3. The minimum Gasteiger partial charge on any atom is -0.497 e. The average Bonchev–Trinajstić information content (AvgIpc) is 3.13. The van der Waals surface area contributed by atoms with E-state index in [1.54, 1.807) is 19.4 Å². The zero-order valence-electron chi connectivity index (χ0n) is 12.7. The smallest absolute Gasteiger partial charge is 0.254 e. The Morgan fingerprint density at radius 3 is 2.91 bits per heavy atom. The molecule has 0 atom stereocenters. The van der Waals surface area contributed by atoms with Crippen LogP contribution in [0, 0.1) is 6.92 Å². The summed E-state index contributed by atoms with van der Waals surface area (Å²) in [6.45, 7) is 2.23. The number of aromatic nitrogens is 2. The first-order valence-corrected chi connectivity index (χ1v) is 6.92. The molecule has 6 heteroatoms. The minimum absolute atomic E-state index is 0.146. The Bertz CT molecular complexity index is 819. The average molecular weight is 299 g/mol. The van der Waals surface area contributed by atoms with Gasteiger partial charge in [-0.15, -0.1) is 0 Å². The topological polar surface area (TPSA) is 69.3 Å².